The van der Waals surface area contributed by atoms with Crippen LogP contribution in [0.1, 0.15) is 40.2 Å². The maximum atomic E-state index is 6.10. The first-order chi connectivity index (χ1) is 9.16. The minimum Gasteiger partial charge on any atom is -0.497 e. The summed E-state index contributed by atoms with van der Waals surface area (Å²) in [6.45, 7) is 12.5. The first-order valence-electron chi connectivity index (χ1n) is 7.15. The third-order valence-electron chi connectivity index (χ3n) is 5.41. The summed E-state index contributed by atoms with van der Waals surface area (Å²) in [6.07, 6.45) is -1.59. The molecule has 1 saturated heterocycles. The minimum atomic E-state index is -1.59. The fourth-order valence-corrected chi connectivity index (χ4v) is 8.82. The molecule has 0 saturated carbocycles. The van der Waals surface area contributed by atoms with Crippen molar-refractivity contribution in [1.82, 2.24) is 5.09 Å². The van der Waals surface area contributed by atoms with Gasteiger partial charge in [-0.2, -0.15) is 0 Å². The number of methoxy groups -OCH3 is 1. The average Bonchev–Trinajstić information content (AvgIpc) is 2.43. The van der Waals surface area contributed by atoms with Crippen LogP contribution in [0.5, 0.6) is 5.75 Å². The van der Waals surface area contributed by atoms with Gasteiger partial charge in [0.2, 0.25) is 0 Å². The summed E-state index contributed by atoms with van der Waals surface area (Å²) in [7, 11) is 1.69. The van der Waals surface area contributed by atoms with Crippen molar-refractivity contribution < 1.29 is 4.74 Å². The highest BCUT2D eigenvalue weighted by Gasteiger charge is 2.63. The molecule has 1 N–H and O–H groups in total. The van der Waals surface area contributed by atoms with Crippen molar-refractivity contribution in [2.45, 2.75) is 51.5 Å². The SMILES string of the molecule is COc1ccc(CNP2(=S)C(C)(C)C(C)C2(C)C)cc1. The van der Waals surface area contributed by atoms with Crippen molar-refractivity contribution in [3.63, 3.8) is 0 Å². The highest BCUT2D eigenvalue weighted by molar-refractivity contribution is 8.15. The van der Waals surface area contributed by atoms with E-state index in [2.05, 4.69) is 51.8 Å². The highest BCUT2D eigenvalue weighted by Crippen LogP contribution is 2.79. The Morgan fingerprint density at radius 2 is 1.65 bits per heavy atom. The molecule has 0 amide bonds. The maximum Gasteiger partial charge on any atom is 0.118 e. The lowest BCUT2D eigenvalue weighted by molar-refractivity contribution is 0.296. The molecule has 1 heterocycles. The van der Waals surface area contributed by atoms with Crippen LogP contribution in [0.15, 0.2) is 24.3 Å². The predicted octanol–water partition coefficient (Wildman–Crippen LogP) is 4.39. The van der Waals surface area contributed by atoms with Crippen molar-refractivity contribution in [3.05, 3.63) is 29.8 Å². The molecule has 0 spiro atoms. The van der Waals surface area contributed by atoms with Crippen molar-refractivity contribution in [2.75, 3.05) is 7.11 Å². The summed E-state index contributed by atoms with van der Waals surface area (Å²) < 4.78 is 5.19. The summed E-state index contributed by atoms with van der Waals surface area (Å²) >= 11 is 6.10. The van der Waals surface area contributed by atoms with E-state index in [1.165, 1.54) is 5.56 Å². The maximum absolute atomic E-state index is 6.10. The van der Waals surface area contributed by atoms with Crippen molar-refractivity contribution in [2.24, 2.45) is 5.92 Å². The highest BCUT2D eigenvalue weighted by atomic mass is 32.4. The van der Waals surface area contributed by atoms with E-state index in [9.17, 15) is 0 Å². The molecule has 0 aliphatic carbocycles. The molecule has 1 aromatic carbocycles. The second kappa shape index (κ2) is 5.12. The van der Waals surface area contributed by atoms with Gasteiger partial charge in [-0.3, -0.25) is 5.09 Å². The van der Waals surface area contributed by atoms with Crippen LogP contribution < -0.4 is 9.82 Å². The van der Waals surface area contributed by atoms with Crippen LogP contribution in [0.4, 0.5) is 0 Å². The molecule has 0 unspecified atom stereocenters. The van der Waals surface area contributed by atoms with Gasteiger partial charge >= 0.3 is 0 Å². The lowest BCUT2D eigenvalue weighted by Gasteiger charge is -2.66. The molecular weight excluding hydrogens is 285 g/mol. The second-order valence-electron chi connectivity index (χ2n) is 6.82. The summed E-state index contributed by atoms with van der Waals surface area (Å²) in [6, 6.07) is 8.23. The Bertz CT molecular complexity index is 516. The molecule has 0 bridgehead atoms. The van der Waals surface area contributed by atoms with E-state index in [1.54, 1.807) is 7.11 Å². The van der Waals surface area contributed by atoms with Gasteiger partial charge in [0.25, 0.3) is 0 Å². The van der Waals surface area contributed by atoms with Crippen molar-refractivity contribution >= 4 is 18.0 Å². The lowest BCUT2D eigenvalue weighted by atomic mass is 9.83. The van der Waals surface area contributed by atoms with Gasteiger partial charge in [0.05, 0.1) is 7.11 Å². The van der Waals surface area contributed by atoms with Crippen molar-refractivity contribution in [1.29, 1.82) is 0 Å². The van der Waals surface area contributed by atoms with Crippen LogP contribution in [0.2, 0.25) is 0 Å². The van der Waals surface area contributed by atoms with E-state index >= 15 is 0 Å². The standard InChI is InChI=1S/C16H26NOPS/c1-12-15(2,3)19(20,16(12,4)5)17-11-13-7-9-14(18-6)10-8-13/h7-10,12H,11H2,1-6H3,(H,17,20). The smallest absolute Gasteiger partial charge is 0.118 e. The van der Waals surface area contributed by atoms with Crippen LogP contribution in [0.25, 0.3) is 0 Å². The molecule has 2 nitrogen and oxygen atoms in total. The topological polar surface area (TPSA) is 21.3 Å². The molecule has 112 valence electrons. The molecule has 1 aliphatic rings. The van der Waals surface area contributed by atoms with E-state index in [1.807, 2.05) is 12.1 Å². The van der Waals surface area contributed by atoms with Gasteiger partial charge in [-0.05, 0) is 23.6 Å². The quantitative estimate of drug-likeness (QED) is 0.834. The number of ether oxygens (including phenoxy) is 1. The van der Waals surface area contributed by atoms with E-state index < -0.39 is 6.19 Å². The molecule has 0 aromatic heterocycles. The molecule has 1 aliphatic heterocycles. The molecule has 1 fully saturated rings. The number of rotatable bonds is 4. The molecule has 4 heteroatoms. The Kier molecular flexibility index (Phi) is 4.10. The second-order valence-corrected chi connectivity index (χ2v) is 12.3. The Morgan fingerprint density at radius 3 is 2.10 bits per heavy atom. The summed E-state index contributed by atoms with van der Waals surface area (Å²) in [5, 5.41) is 4.21. The van der Waals surface area contributed by atoms with E-state index in [-0.39, 0.29) is 10.3 Å². The van der Waals surface area contributed by atoms with E-state index in [0.717, 1.165) is 12.3 Å². The van der Waals surface area contributed by atoms with Crippen LogP contribution in [0.3, 0.4) is 0 Å². The molecule has 0 atom stereocenters. The third kappa shape index (κ3) is 2.15. The van der Waals surface area contributed by atoms with Crippen molar-refractivity contribution in [3.8, 4) is 5.75 Å². The zero-order chi connectivity index (χ0) is 15.2. The molecule has 1 aromatic rings. The summed E-state index contributed by atoms with van der Waals surface area (Å²) in [4.78, 5) is 0. The first kappa shape index (κ1) is 16.0. The van der Waals surface area contributed by atoms with Gasteiger partial charge in [0.1, 0.15) is 5.75 Å². The van der Waals surface area contributed by atoms with Gasteiger partial charge in [0, 0.05) is 23.0 Å². The van der Waals surface area contributed by atoms with Gasteiger partial charge in [0.15, 0.2) is 0 Å². The Hall–Kier alpha value is -0.370. The number of benzene rings is 1. The lowest BCUT2D eigenvalue weighted by Crippen LogP contribution is -2.60. The average molecular weight is 311 g/mol. The van der Waals surface area contributed by atoms with Crippen LogP contribution >= 0.6 is 6.19 Å². The zero-order valence-electron chi connectivity index (χ0n) is 13.4. The van der Waals surface area contributed by atoms with Gasteiger partial charge in [-0.1, -0.05) is 58.6 Å². The molecule has 0 radical (unpaired) electrons. The Morgan fingerprint density at radius 1 is 1.15 bits per heavy atom. The normalized spacial score (nSPS) is 30.6. The van der Waals surface area contributed by atoms with E-state index in [4.69, 9.17) is 16.5 Å². The summed E-state index contributed by atoms with van der Waals surface area (Å²) in [5.74, 6) is 1.55. The largest absolute Gasteiger partial charge is 0.497 e. The predicted molar refractivity (Wildman–Crippen MR) is 91.4 cm³/mol. The number of nitrogens with one attached hydrogen (secondary N) is 1. The van der Waals surface area contributed by atoms with Gasteiger partial charge in [-0.25, -0.2) is 0 Å². The molecule has 20 heavy (non-hydrogen) atoms. The fourth-order valence-electron chi connectivity index (χ4n) is 3.44. The van der Waals surface area contributed by atoms with Crippen LogP contribution in [0, 0.1) is 5.92 Å². The molecule has 2 rings (SSSR count). The summed E-state index contributed by atoms with van der Waals surface area (Å²) in [5.41, 5.74) is 1.26. The monoisotopic (exact) mass is 311 g/mol. The number of hydrogen-bond donors (Lipinski definition) is 1. The molecular formula is C16H26NOPS. The minimum absolute atomic E-state index is 0.234. The van der Waals surface area contributed by atoms with Crippen LogP contribution in [-0.4, -0.2) is 17.4 Å². The van der Waals surface area contributed by atoms with Gasteiger partial charge in [-0.15, -0.1) is 0 Å². The van der Waals surface area contributed by atoms with Gasteiger partial charge < -0.3 is 4.74 Å². The van der Waals surface area contributed by atoms with Crippen LogP contribution in [-0.2, 0) is 18.4 Å². The first-order valence-corrected chi connectivity index (χ1v) is 9.95. The number of hydrogen-bond acceptors (Lipinski definition) is 2. The Balaban J connectivity index is 2.11. The Labute approximate surface area is 128 Å². The van der Waals surface area contributed by atoms with E-state index in [0.29, 0.717) is 5.92 Å². The zero-order valence-corrected chi connectivity index (χ0v) is 15.1. The third-order valence-corrected chi connectivity index (χ3v) is 13.2. The fraction of sp³-hybridized carbons (Fsp3) is 0.625.